The quantitative estimate of drug-likeness (QED) is 0.746. The van der Waals surface area contributed by atoms with E-state index in [0.717, 1.165) is 49.7 Å². The van der Waals surface area contributed by atoms with Crippen LogP contribution in [0.2, 0.25) is 0 Å². The molecule has 148 valence electrons. The van der Waals surface area contributed by atoms with Gasteiger partial charge in [-0.25, -0.2) is 0 Å². The van der Waals surface area contributed by atoms with E-state index >= 15 is 0 Å². The van der Waals surface area contributed by atoms with Crippen LogP contribution in [0.5, 0.6) is 0 Å². The summed E-state index contributed by atoms with van der Waals surface area (Å²) in [6.45, 7) is 9.00. The maximum absolute atomic E-state index is 12.6. The Morgan fingerprint density at radius 2 is 1.79 bits per heavy atom. The van der Waals surface area contributed by atoms with E-state index in [1.54, 1.807) is 17.2 Å². The van der Waals surface area contributed by atoms with Crippen LogP contribution in [0, 0.1) is 0 Å². The molecule has 2 heterocycles. The van der Waals surface area contributed by atoms with Crippen molar-refractivity contribution in [3.05, 3.63) is 48.3 Å². The van der Waals surface area contributed by atoms with E-state index in [-0.39, 0.29) is 5.91 Å². The Morgan fingerprint density at radius 1 is 1.11 bits per heavy atom. The van der Waals surface area contributed by atoms with Crippen LogP contribution >= 0.6 is 0 Å². The molecular weight excluding hydrogens is 354 g/mol. The SMILES string of the molecule is CCN(CC)c1ccc(NC(=O)c2cc(N3CCN(C=O)CC3)ccn2)cc1. The Bertz CT molecular complexity index is 797. The Morgan fingerprint density at radius 3 is 2.39 bits per heavy atom. The van der Waals surface area contributed by atoms with Crippen molar-refractivity contribution in [1.29, 1.82) is 0 Å². The lowest BCUT2D eigenvalue weighted by Crippen LogP contribution is -2.45. The Balaban J connectivity index is 1.65. The topological polar surface area (TPSA) is 68.8 Å². The highest BCUT2D eigenvalue weighted by Gasteiger charge is 2.17. The molecule has 2 amide bonds. The fourth-order valence-electron chi connectivity index (χ4n) is 3.37. The van der Waals surface area contributed by atoms with Crippen molar-refractivity contribution in [2.75, 3.05) is 54.4 Å². The molecule has 3 rings (SSSR count). The van der Waals surface area contributed by atoms with Crippen LogP contribution in [0.4, 0.5) is 17.1 Å². The normalized spacial score (nSPS) is 13.9. The first-order valence-corrected chi connectivity index (χ1v) is 9.71. The molecule has 1 saturated heterocycles. The molecule has 0 radical (unpaired) electrons. The van der Waals surface area contributed by atoms with Crippen LogP contribution in [0.3, 0.4) is 0 Å². The molecule has 1 aromatic heterocycles. The highest BCUT2D eigenvalue weighted by Crippen LogP contribution is 2.20. The van der Waals surface area contributed by atoms with Gasteiger partial charge in [-0.2, -0.15) is 0 Å². The summed E-state index contributed by atoms with van der Waals surface area (Å²) < 4.78 is 0. The summed E-state index contributed by atoms with van der Waals surface area (Å²) in [6, 6.07) is 11.5. The molecule has 1 aromatic carbocycles. The summed E-state index contributed by atoms with van der Waals surface area (Å²) >= 11 is 0. The van der Waals surface area contributed by atoms with Crippen molar-refractivity contribution in [2.24, 2.45) is 0 Å². The van der Waals surface area contributed by atoms with Gasteiger partial charge < -0.3 is 20.0 Å². The molecule has 0 bridgehead atoms. The molecule has 1 aliphatic heterocycles. The third-order valence-electron chi connectivity index (χ3n) is 5.06. The van der Waals surface area contributed by atoms with Crippen molar-refractivity contribution >= 4 is 29.4 Å². The first kappa shape index (κ1) is 19.7. The number of hydrogen-bond donors (Lipinski definition) is 1. The monoisotopic (exact) mass is 381 g/mol. The molecule has 28 heavy (non-hydrogen) atoms. The average molecular weight is 381 g/mol. The second-order valence-electron chi connectivity index (χ2n) is 6.70. The summed E-state index contributed by atoms with van der Waals surface area (Å²) in [6.07, 6.45) is 2.54. The maximum atomic E-state index is 12.6. The zero-order chi connectivity index (χ0) is 19.9. The highest BCUT2D eigenvalue weighted by molar-refractivity contribution is 6.03. The molecule has 2 aromatic rings. The molecule has 7 heteroatoms. The number of piperazine rings is 1. The molecule has 0 spiro atoms. The van der Waals surface area contributed by atoms with Crippen molar-refractivity contribution < 1.29 is 9.59 Å². The first-order chi connectivity index (χ1) is 13.6. The van der Waals surface area contributed by atoms with Gasteiger partial charge in [0.15, 0.2) is 0 Å². The van der Waals surface area contributed by atoms with E-state index < -0.39 is 0 Å². The standard InChI is InChI=1S/C21H27N5O2/c1-3-25(4-2)18-7-5-17(6-8-18)23-21(28)20-15-19(9-10-22-20)26-13-11-24(16-27)12-14-26/h5-10,15-16H,3-4,11-14H2,1-2H3,(H,23,28). The average Bonchev–Trinajstić information content (AvgIpc) is 2.76. The number of hydrogen-bond acceptors (Lipinski definition) is 5. The molecule has 0 saturated carbocycles. The van der Waals surface area contributed by atoms with Crippen molar-refractivity contribution in [1.82, 2.24) is 9.88 Å². The molecular formula is C21H27N5O2. The fourth-order valence-corrected chi connectivity index (χ4v) is 3.37. The number of rotatable bonds is 7. The number of benzene rings is 1. The lowest BCUT2D eigenvalue weighted by molar-refractivity contribution is -0.118. The number of carbonyl (C=O) groups is 2. The Hall–Kier alpha value is -3.09. The maximum Gasteiger partial charge on any atom is 0.274 e. The first-order valence-electron chi connectivity index (χ1n) is 9.71. The van der Waals surface area contributed by atoms with Crippen molar-refractivity contribution in [2.45, 2.75) is 13.8 Å². The van der Waals surface area contributed by atoms with E-state index in [1.165, 1.54) is 0 Å². The smallest absolute Gasteiger partial charge is 0.274 e. The van der Waals surface area contributed by atoms with E-state index in [2.05, 4.69) is 33.9 Å². The largest absolute Gasteiger partial charge is 0.372 e. The summed E-state index contributed by atoms with van der Waals surface area (Å²) in [5.41, 5.74) is 3.20. The minimum absolute atomic E-state index is 0.232. The zero-order valence-corrected chi connectivity index (χ0v) is 16.5. The van der Waals surface area contributed by atoms with Gasteiger partial charge in [0.2, 0.25) is 6.41 Å². The summed E-state index contributed by atoms with van der Waals surface area (Å²) in [5.74, 6) is -0.232. The molecule has 0 unspecified atom stereocenters. The van der Waals surface area contributed by atoms with Gasteiger partial charge in [-0.1, -0.05) is 0 Å². The molecule has 0 aliphatic carbocycles. The van der Waals surface area contributed by atoms with Gasteiger partial charge in [0, 0.05) is 62.5 Å². The number of nitrogens with one attached hydrogen (secondary N) is 1. The minimum Gasteiger partial charge on any atom is -0.372 e. The van der Waals surface area contributed by atoms with Gasteiger partial charge in [0.05, 0.1) is 0 Å². The summed E-state index contributed by atoms with van der Waals surface area (Å²) in [5, 5.41) is 2.91. The molecule has 7 nitrogen and oxygen atoms in total. The predicted molar refractivity (Wildman–Crippen MR) is 112 cm³/mol. The molecule has 1 N–H and O–H groups in total. The van der Waals surface area contributed by atoms with Crippen LogP contribution in [-0.4, -0.2) is 61.5 Å². The number of carbonyl (C=O) groups excluding carboxylic acids is 2. The van der Waals surface area contributed by atoms with Crippen LogP contribution in [0.15, 0.2) is 42.6 Å². The van der Waals surface area contributed by atoms with Gasteiger partial charge in [0.1, 0.15) is 5.69 Å². The number of aromatic nitrogens is 1. The van der Waals surface area contributed by atoms with Gasteiger partial charge in [-0.3, -0.25) is 14.6 Å². The predicted octanol–water partition coefficient (Wildman–Crippen LogP) is 2.46. The molecule has 0 atom stereocenters. The Labute approximate surface area is 166 Å². The summed E-state index contributed by atoms with van der Waals surface area (Å²) in [4.78, 5) is 33.9. The third-order valence-corrected chi connectivity index (χ3v) is 5.06. The van der Waals surface area contributed by atoms with E-state index in [4.69, 9.17) is 0 Å². The van der Waals surface area contributed by atoms with Crippen molar-refractivity contribution in [3.63, 3.8) is 0 Å². The van der Waals surface area contributed by atoms with Crippen molar-refractivity contribution in [3.8, 4) is 0 Å². The van der Waals surface area contributed by atoms with Gasteiger partial charge in [0.25, 0.3) is 5.91 Å². The number of pyridine rings is 1. The van der Waals surface area contributed by atoms with Crippen LogP contribution < -0.4 is 15.1 Å². The van der Waals surface area contributed by atoms with Crippen LogP contribution in [0.1, 0.15) is 24.3 Å². The second kappa shape index (κ2) is 9.21. The lowest BCUT2D eigenvalue weighted by Gasteiger charge is -2.34. The lowest BCUT2D eigenvalue weighted by atomic mass is 10.2. The number of amides is 2. The van der Waals surface area contributed by atoms with Gasteiger partial charge in [-0.15, -0.1) is 0 Å². The van der Waals surface area contributed by atoms with E-state index in [9.17, 15) is 9.59 Å². The molecule has 1 aliphatic rings. The van der Waals surface area contributed by atoms with E-state index in [1.807, 2.05) is 30.3 Å². The summed E-state index contributed by atoms with van der Waals surface area (Å²) in [7, 11) is 0. The fraction of sp³-hybridized carbons (Fsp3) is 0.381. The number of nitrogens with zero attached hydrogens (tertiary/aromatic N) is 4. The van der Waals surface area contributed by atoms with Crippen LogP contribution in [0.25, 0.3) is 0 Å². The highest BCUT2D eigenvalue weighted by atomic mass is 16.2. The van der Waals surface area contributed by atoms with E-state index in [0.29, 0.717) is 18.8 Å². The minimum atomic E-state index is -0.232. The molecule has 1 fully saturated rings. The van der Waals surface area contributed by atoms with Gasteiger partial charge >= 0.3 is 0 Å². The Kier molecular flexibility index (Phi) is 6.47. The second-order valence-corrected chi connectivity index (χ2v) is 6.70. The third kappa shape index (κ3) is 4.60. The van der Waals surface area contributed by atoms with Gasteiger partial charge in [-0.05, 0) is 50.2 Å². The zero-order valence-electron chi connectivity index (χ0n) is 16.5. The van der Waals surface area contributed by atoms with Crippen LogP contribution in [-0.2, 0) is 4.79 Å². The number of anilines is 3.